The SMILES string of the molecule is COC(C)(C)OO. The average molecular weight is 106 g/mol. The number of methoxy groups -OCH3 is 1. The molecule has 1 N–H and O–H groups in total. The normalized spacial score (nSPS) is 12.0. The Bertz CT molecular complexity index is 44.9. The Morgan fingerprint density at radius 1 is 1.43 bits per heavy atom. The first-order valence-corrected chi connectivity index (χ1v) is 2.00. The van der Waals surface area contributed by atoms with Gasteiger partial charge in [-0.15, -0.1) is 0 Å². The van der Waals surface area contributed by atoms with Gasteiger partial charge >= 0.3 is 0 Å². The second-order valence-corrected chi connectivity index (χ2v) is 1.70. The molecule has 0 spiro atoms. The minimum absolute atomic E-state index is 0.861. The van der Waals surface area contributed by atoms with Gasteiger partial charge in [-0.05, 0) is 13.8 Å². The summed E-state index contributed by atoms with van der Waals surface area (Å²) in [6.45, 7) is 3.21. The predicted octanol–water partition coefficient (Wildman–Crippen LogP) is 0.859. The third kappa shape index (κ3) is 2.56. The fourth-order valence-corrected chi connectivity index (χ4v) is 0.0373. The van der Waals surface area contributed by atoms with Crippen LogP contribution in [0.25, 0.3) is 0 Å². The fourth-order valence-electron chi connectivity index (χ4n) is 0.0373. The van der Waals surface area contributed by atoms with Crippen LogP contribution in [0.3, 0.4) is 0 Å². The molecule has 0 heterocycles. The molecule has 0 radical (unpaired) electrons. The minimum atomic E-state index is -0.861. The summed E-state index contributed by atoms with van der Waals surface area (Å²) in [6, 6.07) is 0. The molecule has 3 heteroatoms. The van der Waals surface area contributed by atoms with E-state index in [2.05, 4.69) is 9.62 Å². The van der Waals surface area contributed by atoms with Crippen LogP contribution in [-0.4, -0.2) is 18.2 Å². The van der Waals surface area contributed by atoms with Crippen LogP contribution >= 0.6 is 0 Å². The highest BCUT2D eigenvalue weighted by Gasteiger charge is 2.14. The minimum Gasteiger partial charge on any atom is -0.351 e. The number of rotatable bonds is 2. The van der Waals surface area contributed by atoms with E-state index in [1.165, 1.54) is 7.11 Å². The molecular formula is C4H10O3. The fraction of sp³-hybridized carbons (Fsp3) is 1.00. The number of ether oxygens (including phenoxy) is 1. The summed E-state index contributed by atoms with van der Waals surface area (Å²) in [6.07, 6.45) is 0. The maximum absolute atomic E-state index is 7.97. The van der Waals surface area contributed by atoms with Crippen molar-refractivity contribution in [1.29, 1.82) is 0 Å². The molecule has 0 atom stereocenters. The van der Waals surface area contributed by atoms with Gasteiger partial charge in [-0.25, -0.2) is 10.1 Å². The molecule has 0 aromatic carbocycles. The second kappa shape index (κ2) is 2.26. The Labute approximate surface area is 42.8 Å². The lowest BCUT2D eigenvalue weighted by Gasteiger charge is -2.16. The van der Waals surface area contributed by atoms with Crippen molar-refractivity contribution in [2.24, 2.45) is 0 Å². The summed E-state index contributed by atoms with van der Waals surface area (Å²) in [4.78, 5) is 3.86. The van der Waals surface area contributed by atoms with Gasteiger partial charge in [-0.1, -0.05) is 0 Å². The Morgan fingerprint density at radius 3 is 1.86 bits per heavy atom. The summed E-state index contributed by atoms with van der Waals surface area (Å²) in [5, 5.41) is 7.97. The maximum atomic E-state index is 7.97. The van der Waals surface area contributed by atoms with Gasteiger partial charge in [0.25, 0.3) is 0 Å². The van der Waals surface area contributed by atoms with E-state index in [-0.39, 0.29) is 0 Å². The predicted molar refractivity (Wildman–Crippen MR) is 24.8 cm³/mol. The van der Waals surface area contributed by atoms with E-state index >= 15 is 0 Å². The van der Waals surface area contributed by atoms with Gasteiger partial charge in [0.2, 0.25) is 0 Å². The van der Waals surface area contributed by atoms with Crippen molar-refractivity contribution < 1.29 is 14.9 Å². The first-order chi connectivity index (χ1) is 3.12. The summed E-state index contributed by atoms with van der Waals surface area (Å²) in [5.41, 5.74) is 0. The van der Waals surface area contributed by atoms with Crippen LogP contribution in [-0.2, 0) is 9.62 Å². The monoisotopic (exact) mass is 106 g/mol. The zero-order valence-corrected chi connectivity index (χ0v) is 4.76. The van der Waals surface area contributed by atoms with E-state index in [4.69, 9.17) is 5.26 Å². The van der Waals surface area contributed by atoms with E-state index < -0.39 is 5.79 Å². The largest absolute Gasteiger partial charge is 0.351 e. The molecule has 0 aliphatic rings. The summed E-state index contributed by atoms with van der Waals surface area (Å²) in [7, 11) is 1.45. The molecule has 0 aromatic heterocycles. The highest BCUT2D eigenvalue weighted by Crippen LogP contribution is 2.05. The van der Waals surface area contributed by atoms with Gasteiger partial charge in [0.05, 0.1) is 0 Å². The summed E-state index contributed by atoms with van der Waals surface area (Å²) >= 11 is 0. The van der Waals surface area contributed by atoms with E-state index in [0.29, 0.717) is 0 Å². The zero-order chi connectivity index (χ0) is 5.91. The molecular weight excluding hydrogens is 96.0 g/mol. The molecule has 0 aromatic rings. The van der Waals surface area contributed by atoms with Crippen LogP contribution in [0.5, 0.6) is 0 Å². The van der Waals surface area contributed by atoms with Crippen molar-refractivity contribution in [1.82, 2.24) is 0 Å². The zero-order valence-electron chi connectivity index (χ0n) is 4.76. The Morgan fingerprint density at radius 2 is 1.86 bits per heavy atom. The van der Waals surface area contributed by atoms with Crippen molar-refractivity contribution in [2.45, 2.75) is 19.6 Å². The average Bonchev–Trinajstić information content (AvgIpc) is 1.68. The van der Waals surface area contributed by atoms with Crippen LogP contribution < -0.4 is 0 Å². The first kappa shape index (κ1) is 6.88. The molecule has 3 nitrogen and oxygen atoms in total. The quantitative estimate of drug-likeness (QED) is 0.322. The molecule has 0 aliphatic heterocycles. The van der Waals surface area contributed by atoms with Crippen molar-refractivity contribution in [3.8, 4) is 0 Å². The van der Waals surface area contributed by atoms with Gasteiger partial charge in [0, 0.05) is 7.11 Å². The van der Waals surface area contributed by atoms with Gasteiger partial charge < -0.3 is 4.74 Å². The van der Waals surface area contributed by atoms with Crippen LogP contribution in [0.4, 0.5) is 0 Å². The van der Waals surface area contributed by atoms with Gasteiger partial charge in [-0.3, -0.25) is 0 Å². The highest BCUT2D eigenvalue weighted by molar-refractivity contribution is 4.45. The van der Waals surface area contributed by atoms with Crippen molar-refractivity contribution >= 4 is 0 Å². The molecule has 0 aliphatic carbocycles. The van der Waals surface area contributed by atoms with Crippen molar-refractivity contribution in [3.63, 3.8) is 0 Å². The number of hydrogen-bond acceptors (Lipinski definition) is 3. The Kier molecular flexibility index (Phi) is 2.22. The Balaban J connectivity index is 3.36. The second-order valence-electron chi connectivity index (χ2n) is 1.70. The van der Waals surface area contributed by atoms with Crippen molar-refractivity contribution in [2.75, 3.05) is 7.11 Å². The molecule has 0 unspecified atom stereocenters. The van der Waals surface area contributed by atoms with Crippen LogP contribution in [0.2, 0.25) is 0 Å². The lowest BCUT2D eigenvalue weighted by atomic mass is 10.4. The molecule has 0 fully saturated rings. The van der Waals surface area contributed by atoms with Gasteiger partial charge in [-0.2, -0.15) is 0 Å². The molecule has 0 saturated heterocycles. The third-order valence-corrected chi connectivity index (χ3v) is 0.711. The highest BCUT2D eigenvalue weighted by atomic mass is 17.1. The van der Waals surface area contributed by atoms with Crippen LogP contribution in [0, 0.1) is 0 Å². The van der Waals surface area contributed by atoms with E-state index in [1.807, 2.05) is 0 Å². The molecule has 0 bridgehead atoms. The molecule has 0 saturated carbocycles. The Hall–Kier alpha value is -0.120. The standard InChI is InChI=1S/C4H10O3/c1-4(2,6-3)7-5/h5H,1-3H3. The van der Waals surface area contributed by atoms with Crippen molar-refractivity contribution in [3.05, 3.63) is 0 Å². The van der Waals surface area contributed by atoms with Crippen LogP contribution in [0.15, 0.2) is 0 Å². The summed E-state index contributed by atoms with van der Waals surface area (Å²) < 4.78 is 4.61. The van der Waals surface area contributed by atoms with Gasteiger partial charge in [0.15, 0.2) is 5.79 Å². The maximum Gasteiger partial charge on any atom is 0.195 e. The topological polar surface area (TPSA) is 38.7 Å². The smallest absolute Gasteiger partial charge is 0.195 e. The van der Waals surface area contributed by atoms with E-state index in [0.717, 1.165) is 0 Å². The lowest BCUT2D eigenvalue weighted by Crippen LogP contribution is -2.24. The van der Waals surface area contributed by atoms with Gasteiger partial charge in [0.1, 0.15) is 0 Å². The molecule has 0 rings (SSSR count). The molecule has 44 valence electrons. The first-order valence-electron chi connectivity index (χ1n) is 2.00. The number of hydrogen-bond donors (Lipinski definition) is 1. The van der Waals surface area contributed by atoms with Crippen LogP contribution in [0.1, 0.15) is 13.8 Å². The lowest BCUT2D eigenvalue weighted by molar-refractivity contribution is -0.384. The van der Waals surface area contributed by atoms with E-state index in [9.17, 15) is 0 Å². The molecule has 7 heavy (non-hydrogen) atoms. The summed E-state index contributed by atoms with van der Waals surface area (Å²) in [5.74, 6) is -0.861. The van der Waals surface area contributed by atoms with E-state index in [1.54, 1.807) is 13.8 Å². The third-order valence-electron chi connectivity index (χ3n) is 0.711. The molecule has 0 amide bonds.